The number of phenols is 1. The van der Waals surface area contributed by atoms with E-state index in [-0.39, 0.29) is 17.4 Å². The summed E-state index contributed by atoms with van der Waals surface area (Å²) in [7, 11) is 1.48. The van der Waals surface area contributed by atoms with Gasteiger partial charge in [0.1, 0.15) is 35.4 Å². The quantitative estimate of drug-likeness (QED) is 0.548. The van der Waals surface area contributed by atoms with Crippen molar-refractivity contribution in [3.8, 4) is 11.5 Å². The molecule has 4 atom stereocenters. The number of hydrogen-bond donors (Lipinski definition) is 2. The molecule has 1 aromatic carbocycles. The van der Waals surface area contributed by atoms with Crippen molar-refractivity contribution in [1.82, 2.24) is 0 Å². The lowest BCUT2D eigenvalue weighted by molar-refractivity contribution is -0.152. The molecule has 158 valence electrons. The molecule has 0 spiro atoms. The Morgan fingerprint density at radius 1 is 1.17 bits per heavy atom. The lowest BCUT2D eigenvalue weighted by atomic mass is 10.0. The monoisotopic (exact) mass is 404 g/mol. The van der Waals surface area contributed by atoms with Gasteiger partial charge in [0.2, 0.25) is 0 Å². The van der Waals surface area contributed by atoms with E-state index in [9.17, 15) is 15.0 Å². The number of phenolic OH excluding ortho intramolecular Hbond substituents is 1. The summed E-state index contributed by atoms with van der Waals surface area (Å²) in [6.07, 6.45) is 5.60. The summed E-state index contributed by atoms with van der Waals surface area (Å²) >= 11 is 0. The first-order chi connectivity index (χ1) is 13.7. The average Bonchev–Trinajstić information content (AvgIpc) is 2.95. The first-order valence-electron chi connectivity index (χ1n) is 9.69. The minimum absolute atomic E-state index is 0.0791. The normalized spacial score (nSPS) is 31.7. The number of carbonyl (C=O) groups excluding carboxylic acids is 1. The van der Waals surface area contributed by atoms with Crippen LogP contribution in [-0.2, 0) is 14.2 Å². The van der Waals surface area contributed by atoms with Crippen LogP contribution < -0.4 is 4.74 Å². The smallest absolute Gasteiger partial charge is 0.342 e. The minimum Gasteiger partial charge on any atom is -0.507 e. The molecule has 2 heterocycles. The van der Waals surface area contributed by atoms with Gasteiger partial charge in [0.15, 0.2) is 5.79 Å². The average molecular weight is 404 g/mol. The fraction of sp³-hybridized carbons (Fsp3) is 0.500. The Balaban J connectivity index is 1.99. The van der Waals surface area contributed by atoms with Crippen LogP contribution in [-0.4, -0.2) is 53.5 Å². The lowest BCUT2D eigenvalue weighted by Crippen LogP contribution is -2.34. The van der Waals surface area contributed by atoms with Crippen LogP contribution in [0, 0.1) is 0 Å². The van der Waals surface area contributed by atoms with Gasteiger partial charge in [-0.3, -0.25) is 0 Å². The molecule has 1 fully saturated rings. The number of esters is 1. The van der Waals surface area contributed by atoms with Crippen LogP contribution >= 0.6 is 0 Å². The maximum atomic E-state index is 12.7. The number of aromatic hydroxyl groups is 1. The number of carbonyl (C=O) groups is 1. The van der Waals surface area contributed by atoms with Crippen molar-refractivity contribution in [3.63, 3.8) is 0 Å². The second-order valence-corrected chi connectivity index (χ2v) is 7.76. The second-order valence-electron chi connectivity index (χ2n) is 7.76. The summed E-state index contributed by atoms with van der Waals surface area (Å²) in [5.41, 5.74) is 0.553. The molecule has 3 rings (SSSR count). The Labute approximate surface area is 170 Å². The first-order valence-corrected chi connectivity index (χ1v) is 9.69. The van der Waals surface area contributed by atoms with Crippen molar-refractivity contribution >= 4 is 12.0 Å². The van der Waals surface area contributed by atoms with Crippen molar-refractivity contribution in [1.29, 1.82) is 0 Å². The molecule has 2 aliphatic rings. The van der Waals surface area contributed by atoms with Crippen molar-refractivity contribution < 1.29 is 34.0 Å². The highest BCUT2D eigenvalue weighted by atomic mass is 16.8. The molecule has 0 bridgehead atoms. The second kappa shape index (κ2) is 8.57. The van der Waals surface area contributed by atoms with Gasteiger partial charge in [0, 0.05) is 12.5 Å². The van der Waals surface area contributed by atoms with Gasteiger partial charge < -0.3 is 29.2 Å². The Hall–Kier alpha value is -2.35. The fourth-order valence-electron chi connectivity index (χ4n) is 3.57. The van der Waals surface area contributed by atoms with E-state index in [0.29, 0.717) is 24.2 Å². The lowest BCUT2D eigenvalue weighted by Gasteiger charge is -2.20. The molecule has 29 heavy (non-hydrogen) atoms. The Bertz CT molecular complexity index is 812. The van der Waals surface area contributed by atoms with E-state index in [1.807, 2.05) is 6.08 Å². The van der Waals surface area contributed by atoms with Gasteiger partial charge in [-0.05, 0) is 38.8 Å². The maximum absolute atomic E-state index is 12.7. The number of methoxy groups -OCH3 is 1. The molecule has 2 N–H and O–H groups in total. The van der Waals surface area contributed by atoms with E-state index in [1.54, 1.807) is 45.1 Å². The van der Waals surface area contributed by atoms with Crippen molar-refractivity contribution in [2.75, 3.05) is 7.11 Å². The fourth-order valence-corrected chi connectivity index (χ4v) is 3.57. The third-order valence-corrected chi connectivity index (χ3v) is 4.89. The summed E-state index contributed by atoms with van der Waals surface area (Å²) in [6, 6.07) is 3.04. The van der Waals surface area contributed by atoms with E-state index in [2.05, 4.69) is 0 Å². The van der Waals surface area contributed by atoms with E-state index in [4.69, 9.17) is 18.9 Å². The highest BCUT2D eigenvalue weighted by Crippen LogP contribution is 2.34. The number of benzene rings is 1. The third kappa shape index (κ3) is 4.98. The number of hydrogen-bond acceptors (Lipinski definition) is 7. The zero-order valence-corrected chi connectivity index (χ0v) is 17.1. The van der Waals surface area contributed by atoms with Crippen molar-refractivity contribution in [2.24, 2.45) is 0 Å². The van der Waals surface area contributed by atoms with Crippen LogP contribution in [0.25, 0.3) is 6.08 Å². The van der Waals surface area contributed by atoms with E-state index in [0.717, 1.165) is 0 Å². The topological polar surface area (TPSA) is 94.5 Å². The van der Waals surface area contributed by atoms with Crippen molar-refractivity contribution in [3.05, 3.63) is 41.5 Å². The molecule has 0 amide bonds. The number of aliphatic hydroxyl groups is 1. The summed E-state index contributed by atoms with van der Waals surface area (Å²) < 4.78 is 22.5. The predicted molar refractivity (Wildman–Crippen MR) is 107 cm³/mol. The molecule has 7 heteroatoms. The highest BCUT2D eigenvalue weighted by molar-refractivity contribution is 5.97. The van der Waals surface area contributed by atoms with E-state index < -0.39 is 30.1 Å². The third-order valence-electron chi connectivity index (χ3n) is 4.89. The molecule has 2 aliphatic heterocycles. The van der Waals surface area contributed by atoms with Gasteiger partial charge in [-0.25, -0.2) is 4.79 Å². The van der Waals surface area contributed by atoms with Gasteiger partial charge in [0.25, 0.3) is 0 Å². The first kappa shape index (κ1) is 21.4. The van der Waals surface area contributed by atoms with Crippen LogP contribution in [0.4, 0.5) is 0 Å². The molecule has 1 saturated heterocycles. The summed E-state index contributed by atoms with van der Waals surface area (Å²) in [6.45, 7) is 5.36. The zero-order chi connectivity index (χ0) is 21.2. The van der Waals surface area contributed by atoms with Crippen LogP contribution in [0.15, 0.2) is 30.4 Å². The maximum Gasteiger partial charge on any atom is 0.342 e. The Morgan fingerprint density at radius 3 is 2.66 bits per heavy atom. The summed E-state index contributed by atoms with van der Waals surface area (Å²) in [5.74, 6) is -1.22. The number of rotatable bonds is 1. The van der Waals surface area contributed by atoms with Crippen molar-refractivity contribution in [2.45, 2.75) is 63.8 Å². The van der Waals surface area contributed by atoms with Crippen LogP contribution in [0.3, 0.4) is 0 Å². The molecule has 7 nitrogen and oxygen atoms in total. The number of fused-ring (bicyclic) bond motifs is 2. The number of aliphatic hydroxyl groups excluding tert-OH is 1. The molecule has 0 aliphatic carbocycles. The minimum atomic E-state index is -0.850. The van der Waals surface area contributed by atoms with Gasteiger partial charge in [-0.1, -0.05) is 24.3 Å². The molecule has 0 aromatic heterocycles. The van der Waals surface area contributed by atoms with Crippen LogP contribution in [0.2, 0.25) is 0 Å². The van der Waals surface area contributed by atoms with Gasteiger partial charge >= 0.3 is 5.97 Å². The number of ether oxygens (including phenoxy) is 4. The molecule has 1 aromatic rings. The summed E-state index contributed by atoms with van der Waals surface area (Å²) in [4.78, 5) is 12.7. The van der Waals surface area contributed by atoms with Crippen LogP contribution in [0.1, 0.15) is 49.5 Å². The van der Waals surface area contributed by atoms with Crippen LogP contribution in [0.5, 0.6) is 11.5 Å². The number of cyclic esters (lactones) is 1. The standard InChI is InChI=1S/C22H28O7/c1-13-7-5-9-16(23)20-18(28-22(2,3)29-20)10-6-8-14-11-15(26-4)12-17(24)19(14)21(25)27-13/h5-6,8-9,11-13,16,18,20,23-24H,7,10H2,1-4H3/b8-6+,9-5-/t13-,16+,18-,20-/m0/s1. The molecule has 0 radical (unpaired) electrons. The highest BCUT2D eigenvalue weighted by Gasteiger charge is 2.43. The van der Waals surface area contributed by atoms with E-state index >= 15 is 0 Å². The Morgan fingerprint density at radius 2 is 1.93 bits per heavy atom. The SMILES string of the molecule is COc1cc(O)c2c(c1)/C=C/C[C@@H]1OC(C)(C)O[C@H]1[C@H](O)/C=C\C[C@H](C)OC2=O. The largest absolute Gasteiger partial charge is 0.507 e. The molecule has 0 saturated carbocycles. The Kier molecular flexibility index (Phi) is 6.31. The predicted octanol–water partition coefficient (Wildman–Crippen LogP) is 3.19. The van der Waals surface area contributed by atoms with E-state index in [1.165, 1.54) is 13.2 Å². The molecular formula is C22H28O7. The molecule has 0 unspecified atom stereocenters. The zero-order valence-electron chi connectivity index (χ0n) is 17.1. The van der Waals surface area contributed by atoms with Gasteiger partial charge in [-0.15, -0.1) is 0 Å². The van der Waals surface area contributed by atoms with Gasteiger partial charge in [0.05, 0.1) is 13.2 Å². The molecular weight excluding hydrogens is 376 g/mol. The van der Waals surface area contributed by atoms with Gasteiger partial charge in [-0.2, -0.15) is 0 Å². The summed E-state index contributed by atoms with van der Waals surface area (Å²) in [5, 5.41) is 20.9.